The predicted octanol–water partition coefficient (Wildman–Crippen LogP) is 4.86. The number of hydrogen-bond donors (Lipinski definition) is 1. The van der Waals surface area contributed by atoms with Gasteiger partial charge in [-0.25, -0.2) is 9.18 Å². The standard InChI is InChI=1S/C25H34FN3O3S/c1-5-18(4)14-28(25(31)27-17(2)3)15-24(30)29-11-9-23-21(10-12-33-23)22(29)16-32-20-8-6-7-19(26)13-20/h6-8,10,12-13,17-18,22H,5,9,11,14-16H2,1-4H3,(H,27,31). The van der Waals surface area contributed by atoms with Gasteiger partial charge in [0.25, 0.3) is 0 Å². The van der Waals surface area contributed by atoms with E-state index in [1.807, 2.05) is 25.3 Å². The van der Waals surface area contributed by atoms with Gasteiger partial charge in [0, 0.05) is 30.1 Å². The van der Waals surface area contributed by atoms with Gasteiger partial charge in [-0.1, -0.05) is 26.3 Å². The van der Waals surface area contributed by atoms with Crippen molar-refractivity contribution >= 4 is 23.3 Å². The number of rotatable bonds is 9. The molecule has 2 heterocycles. The van der Waals surface area contributed by atoms with Crippen molar-refractivity contribution in [3.05, 3.63) is 52.0 Å². The molecule has 1 aliphatic rings. The van der Waals surface area contributed by atoms with Crippen LogP contribution in [0.5, 0.6) is 5.75 Å². The summed E-state index contributed by atoms with van der Waals surface area (Å²) in [6, 6.07) is 7.53. The van der Waals surface area contributed by atoms with Crippen molar-refractivity contribution in [2.45, 2.75) is 52.6 Å². The smallest absolute Gasteiger partial charge is 0.318 e. The van der Waals surface area contributed by atoms with Gasteiger partial charge in [0.2, 0.25) is 5.91 Å². The van der Waals surface area contributed by atoms with Gasteiger partial charge >= 0.3 is 6.03 Å². The van der Waals surface area contributed by atoms with Crippen molar-refractivity contribution in [1.82, 2.24) is 15.1 Å². The predicted molar refractivity (Wildman–Crippen MR) is 129 cm³/mol. The van der Waals surface area contributed by atoms with E-state index in [4.69, 9.17) is 4.74 Å². The van der Waals surface area contributed by atoms with E-state index < -0.39 is 0 Å². The van der Waals surface area contributed by atoms with E-state index in [9.17, 15) is 14.0 Å². The lowest BCUT2D eigenvalue weighted by Gasteiger charge is -2.37. The third kappa shape index (κ3) is 6.69. The Morgan fingerprint density at radius 3 is 2.79 bits per heavy atom. The van der Waals surface area contributed by atoms with Gasteiger partial charge in [0.1, 0.15) is 24.7 Å². The van der Waals surface area contributed by atoms with Gasteiger partial charge in [-0.2, -0.15) is 0 Å². The number of nitrogens with zero attached hydrogens (tertiary/aromatic N) is 2. The van der Waals surface area contributed by atoms with Crippen LogP contribution in [-0.4, -0.2) is 54.0 Å². The Bertz CT molecular complexity index is 948. The summed E-state index contributed by atoms with van der Waals surface area (Å²) in [6.45, 7) is 9.28. The zero-order valence-corrected chi connectivity index (χ0v) is 20.7. The molecule has 1 N–H and O–H groups in total. The van der Waals surface area contributed by atoms with Gasteiger partial charge in [-0.05, 0) is 55.3 Å². The maximum absolute atomic E-state index is 13.6. The lowest BCUT2D eigenvalue weighted by Crippen LogP contribution is -2.51. The largest absolute Gasteiger partial charge is 0.491 e. The minimum atomic E-state index is -0.364. The molecule has 2 atom stereocenters. The van der Waals surface area contributed by atoms with Gasteiger partial charge in [-0.3, -0.25) is 4.79 Å². The zero-order valence-electron chi connectivity index (χ0n) is 19.8. The highest BCUT2D eigenvalue weighted by Crippen LogP contribution is 2.34. The Labute approximate surface area is 199 Å². The highest BCUT2D eigenvalue weighted by Gasteiger charge is 2.33. The number of benzene rings is 1. The van der Waals surface area contributed by atoms with Crippen molar-refractivity contribution in [3.63, 3.8) is 0 Å². The number of hydrogen-bond acceptors (Lipinski definition) is 4. The third-order valence-electron chi connectivity index (χ3n) is 5.87. The second kappa shape index (κ2) is 11.5. The number of fused-ring (bicyclic) bond motifs is 1. The highest BCUT2D eigenvalue weighted by atomic mass is 32.1. The molecule has 0 saturated heterocycles. The first-order valence-corrected chi connectivity index (χ1v) is 12.5. The number of carbonyl (C=O) groups is 2. The molecular formula is C25H34FN3O3S. The SMILES string of the molecule is CCC(C)CN(CC(=O)N1CCc2sccc2C1COc1cccc(F)c1)C(=O)NC(C)C. The molecule has 2 unspecified atom stereocenters. The number of ether oxygens (including phenoxy) is 1. The Morgan fingerprint density at radius 2 is 2.09 bits per heavy atom. The van der Waals surface area contributed by atoms with Crippen LogP contribution in [0, 0.1) is 11.7 Å². The minimum Gasteiger partial charge on any atom is -0.491 e. The fourth-order valence-electron chi connectivity index (χ4n) is 3.92. The average molecular weight is 476 g/mol. The van der Waals surface area contributed by atoms with Crippen LogP contribution in [0.25, 0.3) is 0 Å². The number of amides is 3. The molecule has 33 heavy (non-hydrogen) atoms. The molecule has 0 radical (unpaired) electrons. The molecule has 1 aromatic carbocycles. The summed E-state index contributed by atoms with van der Waals surface area (Å²) in [6.07, 6.45) is 1.70. The van der Waals surface area contributed by atoms with Crippen LogP contribution < -0.4 is 10.1 Å². The summed E-state index contributed by atoms with van der Waals surface area (Å²) >= 11 is 1.68. The van der Waals surface area contributed by atoms with Crippen molar-refractivity contribution < 1.29 is 18.7 Å². The zero-order chi connectivity index (χ0) is 24.0. The van der Waals surface area contributed by atoms with E-state index in [-0.39, 0.29) is 48.9 Å². The van der Waals surface area contributed by atoms with Crippen molar-refractivity contribution in [2.75, 3.05) is 26.2 Å². The average Bonchev–Trinajstić information content (AvgIpc) is 3.25. The summed E-state index contributed by atoms with van der Waals surface area (Å²) < 4.78 is 19.5. The molecule has 0 bridgehead atoms. The lowest BCUT2D eigenvalue weighted by molar-refractivity contribution is -0.135. The van der Waals surface area contributed by atoms with E-state index in [1.54, 1.807) is 33.3 Å². The van der Waals surface area contributed by atoms with Crippen molar-refractivity contribution in [1.29, 1.82) is 0 Å². The maximum atomic E-state index is 13.6. The first-order chi connectivity index (χ1) is 15.8. The van der Waals surface area contributed by atoms with E-state index in [0.29, 0.717) is 18.8 Å². The Balaban J connectivity index is 1.77. The molecule has 0 saturated carbocycles. The Hall–Kier alpha value is -2.61. The van der Waals surface area contributed by atoms with E-state index in [2.05, 4.69) is 19.2 Å². The second-order valence-electron chi connectivity index (χ2n) is 8.92. The van der Waals surface area contributed by atoms with Crippen LogP contribution in [-0.2, 0) is 11.2 Å². The highest BCUT2D eigenvalue weighted by molar-refractivity contribution is 7.10. The molecule has 6 nitrogen and oxygen atoms in total. The molecule has 2 aromatic rings. The lowest BCUT2D eigenvalue weighted by atomic mass is 10.00. The summed E-state index contributed by atoms with van der Waals surface area (Å²) in [4.78, 5) is 30.9. The molecule has 8 heteroatoms. The third-order valence-corrected chi connectivity index (χ3v) is 6.87. The number of urea groups is 1. The van der Waals surface area contributed by atoms with Gasteiger partial charge in [0.15, 0.2) is 0 Å². The number of thiophene rings is 1. The van der Waals surface area contributed by atoms with Gasteiger partial charge < -0.3 is 19.9 Å². The fraction of sp³-hybridized carbons (Fsp3) is 0.520. The molecule has 0 spiro atoms. The van der Waals surface area contributed by atoms with Gasteiger partial charge in [0.05, 0.1) is 6.04 Å². The molecule has 3 rings (SSSR count). The topological polar surface area (TPSA) is 61.9 Å². The van der Waals surface area contributed by atoms with E-state index >= 15 is 0 Å². The number of nitrogens with one attached hydrogen (secondary N) is 1. The first-order valence-electron chi connectivity index (χ1n) is 11.6. The first kappa shape index (κ1) is 25.0. The Kier molecular flexibility index (Phi) is 8.72. The maximum Gasteiger partial charge on any atom is 0.318 e. The van der Waals surface area contributed by atoms with E-state index in [0.717, 1.165) is 18.4 Å². The second-order valence-corrected chi connectivity index (χ2v) is 9.92. The summed E-state index contributed by atoms with van der Waals surface area (Å²) in [5.74, 6) is 0.242. The molecule has 3 amide bonds. The Morgan fingerprint density at radius 1 is 1.30 bits per heavy atom. The van der Waals surface area contributed by atoms with E-state index in [1.165, 1.54) is 17.0 Å². The normalized spacial score (nSPS) is 16.3. The van der Waals surface area contributed by atoms with Crippen molar-refractivity contribution in [3.8, 4) is 5.75 Å². The molecule has 1 aliphatic heterocycles. The van der Waals surface area contributed by atoms with Crippen LogP contribution in [0.4, 0.5) is 9.18 Å². The number of halogens is 1. The molecule has 1 aromatic heterocycles. The monoisotopic (exact) mass is 475 g/mol. The molecule has 0 aliphatic carbocycles. The quantitative estimate of drug-likeness (QED) is 0.564. The minimum absolute atomic E-state index is 0.0113. The summed E-state index contributed by atoms with van der Waals surface area (Å²) in [7, 11) is 0. The fourth-order valence-corrected chi connectivity index (χ4v) is 4.85. The van der Waals surface area contributed by atoms with Crippen LogP contribution in [0.2, 0.25) is 0 Å². The molecule has 180 valence electrons. The molecule has 0 fully saturated rings. The van der Waals surface area contributed by atoms with Crippen LogP contribution in [0.15, 0.2) is 35.7 Å². The summed E-state index contributed by atoms with van der Waals surface area (Å²) in [5.41, 5.74) is 1.07. The van der Waals surface area contributed by atoms with Gasteiger partial charge in [-0.15, -0.1) is 11.3 Å². The van der Waals surface area contributed by atoms with Crippen LogP contribution in [0.1, 0.15) is 50.6 Å². The van der Waals surface area contributed by atoms with Crippen LogP contribution >= 0.6 is 11.3 Å². The van der Waals surface area contributed by atoms with Crippen molar-refractivity contribution in [2.24, 2.45) is 5.92 Å². The summed E-state index contributed by atoms with van der Waals surface area (Å²) in [5, 5.41) is 4.94. The molecular weight excluding hydrogens is 441 g/mol. The van der Waals surface area contributed by atoms with Crippen LogP contribution in [0.3, 0.4) is 0 Å². The number of carbonyl (C=O) groups excluding carboxylic acids is 2.